The lowest BCUT2D eigenvalue weighted by Gasteiger charge is -2.37. The summed E-state index contributed by atoms with van der Waals surface area (Å²) in [5.41, 5.74) is 3.29. The first-order chi connectivity index (χ1) is 5.40. The minimum Gasteiger partial charge on any atom is -0.303 e. The molecule has 1 saturated carbocycles. The van der Waals surface area contributed by atoms with Crippen LogP contribution in [0.1, 0.15) is 38.5 Å². The molecule has 0 N–H and O–H groups in total. The van der Waals surface area contributed by atoms with Crippen molar-refractivity contribution in [3.63, 3.8) is 0 Å². The molecule has 1 fully saturated rings. The second-order valence-corrected chi connectivity index (χ2v) is 3.73. The van der Waals surface area contributed by atoms with E-state index >= 15 is 0 Å². The summed E-state index contributed by atoms with van der Waals surface area (Å²) in [4.78, 5) is 10.1. The molecule has 0 atom stereocenters. The molecule has 1 nitrogen and oxygen atoms in total. The monoisotopic (exact) mass is 150 g/mol. The maximum absolute atomic E-state index is 10.1. The van der Waals surface area contributed by atoms with Gasteiger partial charge in [0, 0.05) is 6.42 Å². The molecule has 0 amide bonds. The molecule has 0 heterocycles. The summed E-state index contributed by atoms with van der Waals surface area (Å²) < 4.78 is 0. The van der Waals surface area contributed by atoms with E-state index in [2.05, 4.69) is 0 Å². The fourth-order valence-electron chi connectivity index (χ4n) is 2.22. The first-order valence-corrected chi connectivity index (χ1v) is 4.53. The summed E-state index contributed by atoms with van der Waals surface area (Å²) in [5.74, 6) is 1.02. The van der Waals surface area contributed by atoms with Gasteiger partial charge in [0.1, 0.15) is 6.29 Å². The predicted octanol–water partition coefficient (Wildman–Crippen LogP) is 2.47. The van der Waals surface area contributed by atoms with Crippen LogP contribution in [0.4, 0.5) is 0 Å². The summed E-state index contributed by atoms with van der Waals surface area (Å²) in [6.45, 7) is 0. The van der Waals surface area contributed by atoms with Crippen LogP contribution >= 0.6 is 0 Å². The number of fused-ring (bicyclic) bond motifs is 2. The largest absolute Gasteiger partial charge is 0.303 e. The van der Waals surface area contributed by atoms with Gasteiger partial charge in [-0.2, -0.15) is 0 Å². The predicted molar refractivity (Wildman–Crippen MR) is 44.3 cm³/mol. The molecule has 0 aromatic carbocycles. The Balaban J connectivity index is 1.96. The molecule has 1 heteroatoms. The lowest BCUT2D eigenvalue weighted by atomic mass is 9.68. The molecule has 3 aliphatic carbocycles. The standard InChI is InChI=1S/C10H14O/c11-5-1-2-9-4-3-8-6-10(9)7-8/h5,8H,1-4,6-7H2. The van der Waals surface area contributed by atoms with Gasteiger partial charge < -0.3 is 4.79 Å². The number of rotatable bonds is 3. The molecular weight excluding hydrogens is 136 g/mol. The topological polar surface area (TPSA) is 17.1 Å². The van der Waals surface area contributed by atoms with Crippen molar-refractivity contribution in [3.05, 3.63) is 11.1 Å². The number of allylic oxidation sites excluding steroid dienone is 2. The molecule has 0 aliphatic heterocycles. The molecule has 0 aromatic heterocycles. The number of carbonyl (C=O) groups is 1. The zero-order valence-electron chi connectivity index (χ0n) is 6.81. The van der Waals surface area contributed by atoms with Crippen LogP contribution in [-0.4, -0.2) is 6.29 Å². The quantitative estimate of drug-likeness (QED) is 0.446. The average molecular weight is 150 g/mol. The third kappa shape index (κ3) is 1.24. The minimum absolute atomic E-state index is 0.740. The molecule has 0 spiro atoms. The molecule has 0 radical (unpaired) electrons. The number of carbonyl (C=O) groups excluding carboxylic acids is 1. The van der Waals surface area contributed by atoms with Gasteiger partial charge in [-0.15, -0.1) is 0 Å². The van der Waals surface area contributed by atoms with Gasteiger partial charge in [0.2, 0.25) is 0 Å². The number of aldehydes is 1. The van der Waals surface area contributed by atoms with Crippen LogP contribution in [0.3, 0.4) is 0 Å². The van der Waals surface area contributed by atoms with Crippen LogP contribution in [-0.2, 0) is 4.79 Å². The molecule has 0 saturated heterocycles. The third-order valence-electron chi connectivity index (χ3n) is 2.99. The van der Waals surface area contributed by atoms with E-state index in [9.17, 15) is 4.79 Å². The normalized spacial score (nSPS) is 23.3. The van der Waals surface area contributed by atoms with Crippen molar-refractivity contribution in [3.8, 4) is 0 Å². The van der Waals surface area contributed by atoms with Crippen molar-refractivity contribution >= 4 is 6.29 Å². The van der Waals surface area contributed by atoms with Crippen LogP contribution in [0.25, 0.3) is 0 Å². The highest BCUT2D eigenvalue weighted by Gasteiger charge is 2.29. The lowest BCUT2D eigenvalue weighted by molar-refractivity contribution is -0.107. The average Bonchev–Trinajstić information content (AvgIpc) is 2.00. The molecule has 0 unspecified atom stereocenters. The van der Waals surface area contributed by atoms with Crippen LogP contribution in [0.2, 0.25) is 0 Å². The van der Waals surface area contributed by atoms with E-state index in [0.717, 1.165) is 25.0 Å². The maximum atomic E-state index is 10.1. The van der Waals surface area contributed by atoms with Gasteiger partial charge >= 0.3 is 0 Å². The van der Waals surface area contributed by atoms with Gasteiger partial charge in [-0.1, -0.05) is 11.1 Å². The van der Waals surface area contributed by atoms with Gasteiger partial charge in [0.05, 0.1) is 0 Å². The Kier molecular flexibility index (Phi) is 1.80. The van der Waals surface area contributed by atoms with Crippen LogP contribution in [0.15, 0.2) is 11.1 Å². The van der Waals surface area contributed by atoms with E-state index in [4.69, 9.17) is 0 Å². The highest BCUT2D eigenvalue weighted by molar-refractivity contribution is 5.50. The smallest absolute Gasteiger partial charge is 0.120 e. The summed E-state index contributed by atoms with van der Waals surface area (Å²) in [7, 11) is 0. The van der Waals surface area contributed by atoms with E-state index in [-0.39, 0.29) is 0 Å². The van der Waals surface area contributed by atoms with Crippen molar-refractivity contribution in [2.75, 3.05) is 0 Å². The summed E-state index contributed by atoms with van der Waals surface area (Å²) in [6.07, 6.45) is 8.21. The molecule has 3 rings (SSSR count). The van der Waals surface area contributed by atoms with Crippen molar-refractivity contribution in [2.45, 2.75) is 38.5 Å². The fourth-order valence-corrected chi connectivity index (χ4v) is 2.22. The number of hydrogen-bond donors (Lipinski definition) is 0. The fraction of sp³-hybridized carbons (Fsp3) is 0.700. The van der Waals surface area contributed by atoms with Crippen LogP contribution in [0.5, 0.6) is 0 Å². The molecule has 0 aromatic rings. The molecule has 60 valence electrons. The van der Waals surface area contributed by atoms with Gasteiger partial charge in [0.25, 0.3) is 0 Å². The number of hydrogen-bond acceptors (Lipinski definition) is 1. The Morgan fingerprint density at radius 3 is 2.82 bits per heavy atom. The zero-order chi connectivity index (χ0) is 7.68. The summed E-state index contributed by atoms with van der Waals surface area (Å²) in [5, 5.41) is 0. The minimum atomic E-state index is 0.740. The van der Waals surface area contributed by atoms with Gasteiger partial charge in [-0.25, -0.2) is 0 Å². The van der Waals surface area contributed by atoms with E-state index in [1.165, 1.54) is 25.7 Å². The summed E-state index contributed by atoms with van der Waals surface area (Å²) >= 11 is 0. The third-order valence-corrected chi connectivity index (χ3v) is 2.99. The van der Waals surface area contributed by atoms with Crippen molar-refractivity contribution in [1.82, 2.24) is 0 Å². The second kappa shape index (κ2) is 2.80. The molecule has 3 aliphatic rings. The van der Waals surface area contributed by atoms with Gasteiger partial charge in [-0.3, -0.25) is 0 Å². The zero-order valence-corrected chi connectivity index (χ0v) is 6.81. The Bertz CT molecular complexity index is 195. The first kappa shape index (κ1) is 7.08. The van der Waals surface area contributed by atoms with E-state index in [1.54, 1.807) is 11.1 Å². The van der Waals surface area contributed by atoms with Gasteiger partial charge in [0.15, 0.2) is 0 Å². The van der Waals surface area contributed by atoms with E-state index in [0.29, 0.717) is 0 Å². The molecular formula is C10H14O. The van der Waals surface area contributed by atoms with Crippen molar-refractivity contribution < 1.29 is 4.79 Å². The van der Waals surface area contributed by atoms with Gasteiger partial charge in [-0.05, 0) is 38.0 Å². The Hall–Kier alpha value is -0.590. The van der Waals surface area contributed by atoms with Crippen molar-refractivity contribution in [1.29, 1.82) is 0 Å². The lowest BCUT2D eigenvalue weighted by Crippen LogP contribution is -2.22. The Labute approximate surface area is 67.5 Å². The molecule has 11 heavy (non-hydrogen) atoms. The summed E-state index contributed by atoms with van der Waals surface area (Å²) in [6, 6.07) is 0. The first-order valence-electron chi connectivity index (χ1n) is 4.53. The van der Waals surface area contributed by atoms with Crippen molar-refractivity contribution in [2.24, 2.45) is 5.92 Å². The SMILES string of the molecule is O=CCCC1=C2CC(CC1)C2. The Morgan fingerprint density at radius 1 is 1.45 bits per heavy atom. The van der Waals surface area contributed by atoms with Crippen LogP contribution < -0.4 is 0 Å². The highest BCUT2D eigenvalue weighted by Crippen LogP contribution is 2.45. The second-order valence-electron chi connectivity index (χ2n) is 3.73. The molecule has 2 bridgehead atoms. The highest BCUT2D eigenvalue weighted by atomic mass is 16.1. The van der Waals surface area contributed by atoms with Crippen LogP contribution in [0, 0.1) is 5.92 Å². The van der Waals surface area contributed by atoms with E-state index < -0.39 is 0 Å². The maximum Gasteiger partial charge on any atom is 0.120 e. The Morgan fingerprint density at radius 2 is 2.27 bits per heavy atom. The van der Waals surface area contributed by atoms with E-state index in [1.807, 2.05) is 0 Å².